The first-order chi connectivity index (χ1) is 10.0. The Morgan fingerprint density at radius 1 is 1.29 bits per heavy atom. The quantitative estimate of drug-likeness (QED) is 0.906. The van der Waals surface area contributed by atoms with E-state index < -0.39 is 10.0 Å². The molecular weight excluding hydrogens is 288 g/mol. The molecule has 3 rings (SSSR count). The van der Waals surface area contributed by atoms with Crippen molar-refractivity contribution in [2.75, 3.05) is 13.1 Å². The maximum atomic E-state index is 12.5. The second kappa shape index (κ2) is 5.41. The van der Waals surface area contributed by atoms with Gasteiger partial charge in [-0.3, -0.25) is 0 Å². The predicted octanol–water partition coefficient (Wildman–Crippen LogP) is 1.09. The average Bonchev–Trinajstić information content (AvgIpc) is 3.02. The first-order valence-electron chi connectivity index (χ1n) is 7.15. The lowest BCUT2D eigenvalue weighted by Gasteiger charge is -2.18. The number of rotatable bonds is 3. The highest BCUT2D eigenvalue weighted by Crippen LogP contribution is 2.39. The molecule has 0 bridgehead atoms. The van der Waals surface area contributed by atoms with Crippen LogP contribution in [0.2, 0.25) is 0 Å². The number of benzene rings is 1. The molecule has 0 spiro atoms. The normalized spacial score (nSPS) is 29.2. The number of nitriles is 1. The van der Waals surface area contributed by atoms with Gasteiger partial charge in [-0.2, -0.15) is 5.26 Å². The van der Waals surface area contributed by atoms with Crippen LogP contribution in [0.1, 0.15) is 24.0 Å². The van der Waals surface area contributed by atoms with E-state index >= 15 is 0 Å². The zero-order valence-corrected chi connectivity index (χ0v) is 12.5. The van der Waals surface area contributed by atoms with Crippen LogP contribution in [0.25, 0.3) is 0 Å². The van der Waals surface area contributed by atoms with E-state index in [-0.39, 0.29) is 23.7 Å². The lowest BCUT2D eigenvalue weighted by atomic mass is 10.00. The molecule has 2 aliphatic rings. The summed E-state index contributed by atoms with van der Waals surface area (Å²) in [6.07, 6.45) is 1.30. The van der Waals surface area contributed by atoms with E-state index in [9.17, 15) is 13.5 Å². The fraction of sp³-hybridized carbons (Fsp3) is 0.533. The molecule has 21 heavy (non-hydrogen) atoms. The lowest BCUT2D eigenvalue weighted by molar-refractivity contribution is 0.129. The van der Waals surface area contributed by atoms with Gasteiger partial charge >= 0.3 is 0 Å². The van der Waals surface area contributed by atoms with Gasteiger partial charge in [0.1, 0.15) is 0 Å². The molecule has 3 unspecified atom stereocenters. The third kappa shape index (κ3) is 2.69. The van der Waals surface area contributed by atoms with Gasteiger partial charge in [0, 0.05) is 19.0 Å². The van der Waals surface area contributed by atoms with Crippen molar-refractivity contribution in [3.8, 4) is 6.07 Å². The summed E-state index contributed by atoms with van der Waals surface area (Å²) < 4.78 is 26.6. The summed E-state index contributed by atoms with van der Waals surface area (Å²) in [5, 5.41) is 18.9. The molecule has 1 saturated heterocycles. The molecule has 6 heteroatoms. The molecule has 0 radical (unpaired) electrons. The third-order valence-electron chi connectivity index (χ3n) is 4.65. The summed E-state index contributed by atoms with van der Waals surface area (Å²) in [5.41, 5.74) is 0.943. The van der Waals surface area contributed by atoms with Gasteiger partial charge in [0.2, 0.25) is 10.0 Å². The molecule has 1 aliphatic heterocycles. The van der Waals surface area contributed by atoms with Gasteiger partial charge in [0.15, 0.2) is 0 Å². The monoisotopic (exact) mass is 306 g/mol. The number of sulfonamides is 1. The minimum atomic E-state index is -3.44. The summed E-state index contributed by atoms with van der Waals surface area (Å²) in [6, 6.07) is 8.82. The third-order valence-corrected chi connectivity index (χ3v) is 6.42. The van der Waals surface area contributed by atoms with Crippen LogP contribution in [0.4, 0.5) is 0 Å². The van der Waals surface area contributed by atoms with Crippen molar-refractivity contribution < 1.29 is 13.5 Å². The number of aliphatic hydroxyl groups excluding tert-OH is 1. The fourth-order valence-corrected chi connectivity index (χ4v) is 5.11. The average molecular weight is 306 g/mol. The lowest BCUT2D eigenvalue weighted by Crippen LogP contribution is -2.32. The van der Waals surface area contributed by atoms with E-state index in [0.29, 0.717) is 24.2 Å². The Balaban J connectivity index is 1.78. The molecule has 5 nitrogen and oxygen atoms in total. The number of hydrogen-bond acceptors (Lipinski definition) is 4. The molecule has 0 aromatic heterocycles. The highest BCUT2D eigenvalue weighted by molar-refractivity contribution is 7.88. The maximum absolute atomic E-state index is 12.5. The van der Waals surface area contributed by atoms with Crippen molar-refractivity contribution in [1.82, 2.24) is 4.31 Å². The SMILES string of the molecule is N#Cc1ccccc1CS(=O)(=O)N1CC2CCC(O)C2C1. The van der Waals surface area contributed by atoms with Crippen molar-refractivity contribution in [3.63, 3.8) is 0 Å². The van der Waals surface area contributed by atoms with E-state index in [2.05, 4.69) is 0 Å². The predicted molar refractivity (Wildman–Crippen MR) is 77.6 cm³/mol. The minimum Gasteiger partial charge on any atom is -0.393 e. The molecule has 112 valence electrons. The Morgan fingerprint density at radius 2 is 2.05 bits per heavy atom. The number of hydrogen-bond donors (Lipinski definition) is 1. The summed E-state index contributed by atoms with van der Waals surface area (Å²) in [5.74, 6) is 0.207. The molecule has 1 heterocycles. The van der Waals surface area contributed by atoms with E-state index in [1.807, 2.05) is 6.07 Å². The van der Waals surface area contributed by atoms with Crippen molar-refractivity contribution in [2.24, 2.45) is 11.8 Å². The van der Waals surface area contributed by atoms with Crippen molar-refractivity contribution in [3.05, 3.63) is 35.4 Å². The molecular formula is C15H18N2O3S. The highest BCUT2D eigenvalue weighted by Gasteiger charge is 2.45. The Morgan fingerprint density at radius 3 is 2.76 bits per heavy atom. The Kier molecular flexibility index (Phi) is 3.74. The summed E-state index contributed by atoms with van der Waals surface area (Å²) in [6.45, 7) is 0.904. The first kappa shape index (κ1) is 14.5. The molecule has 1 aromatic rings. The topological polar surface area (TPSA) is 81.4 Å². The van der Waals surface area contributed by atoms with Gasteiger partial charge < -0.3 is 5.11 Å². The zero-order chi connectivity index (χ0) is 15.0. The van der Waals surface area contributed by atoms with Crippen LogP contribution in [-0.2, 0) is 15.8 Å². The van der Waals surface area contributed by atoms with Crippen LogP contribution in [0, 0.1) is 23.2 Å². The molecule has 1 aromatic carbocycles. The summed E-state index contributed by atoms with van der Waals surface area (Å²) in [4.78, 5) is 0. The van der Waals surface area contributed by atoms with E-state index in [1.54, 1.807) is 24.3 Å². The van der Waals surface area contributed by atoms with Gasteiger partial charge in [-0.05, 0) is 30.4 Å². The Bertz CT molecular complexity index is 680. The maximum Gasteiger partial charge on any atom is 0.218 e. The molecule has 0 amide bonds. The first-order valence-corrected chi connectivity index (χ1v) is 8.76. The summed E-state index contributed by atoms with van der Waals surface area (Å²) in [7, 11) is -3.44. The van der Waals surface area contributed by atoms with Crippen molar-refractivity contribution in [1.29, 1.82) is 5.26 Å². The standard InChI is InChI=1S/C15H18N2O3S/c16-7-11-3-1-2-4-13(11)10-21(19,20)17-8-12-5-6-15(18)14(12)9-17/h1-4,12,14-15,18H,5-6,8-10H2. The second-order valence-electron chi connectivity index (χ2n) is 5.91. The van der Waals surface area contributed by atoms with Gasteiger partial charge in [0.25, 0.3) is 0 Å². The molecule has 1 saturated carbocycles. The smallest absolute Gasteiger partial charge is 0.218 e. The minimum absolute atomic E-state index is 0.0750. The van der Waals surface area contributed by atoms with Crippen LogP contribution in [-0.4, -0.2) is 37.0 Å². The Hall–Kier alpha value is -1.42. The second-order valence-corrected chi connectivity index (χ2v) is 7.88. The molecule has 1 aliphatic carbocycles. The van der Waals surface area contributed by atoms with Crippen LogP contribution in [0.5, 0.6) is 0 Å². The molecule has 3 atom stereocenters. The van der Waals surface area contributed by atoms with Crippen molar-refractivity contribution in [2.45, 2.75) is 24.7 Å². The van der Waals surface area contributed by atoms with Crippen LogP contribution in [0.15, 0.2) is 24.3 Å². The zero-order valence-electron chi connectivity index (χ0n) is 11.6. The highest BCUT2D eigenvalue weighted by atomic mass is 32.2. The van der Waals surface area contributed by atoms with Crippen LogP contribution >= 0.6 is 0 Å². The van der Waals surface area contributed by atoms with Crippen LogP contribution < -0.4 is 0 Å². The van der Waals surface area contributed by atoms with E-state index in [0.717, 1.165) is 12.8 Å². The number of aliphatic hydroxyl groups is 1. The van der Waals surface area contributed by atoms with Gasteiger partial charge in [-0.1, -0.05) is 18.2 Å². The Labute approximate surface area is 124 Å². The van der Waals surface area contributed by atoms with Gasteiger partial charge in [-0.25, -0.2) is 12.7 Å². The number of fused-ring (bicyclic) bond motifs is 1. The van der Waals surface area contributed by atoms with Crippen molar-refractivity contribution >= 4 is 10.0 Å². The fourth-order valence-electron chi connectivity index (χ4n) is 3.47. The van der Waals surface area contributed by atoms with E-state index in [1.165, 1.54) is 4.31 Å². The molecule has 1 N–H and O–H groups in total. The van der Waals surface area contributed by atoms with Crippen LogP contribution in [0.3, 0.4) is 0 Å². The number of nitrogens with zero attached hydrogens (tertiary/aromatic N) is 2. The largest absolute Gasteiger partial charge is 0.393 e. The van der Waals surface area contributed by atoms with Gasteiger partial charge in [0.05, 0.1) is 23.5 Å². The molecule has 2 fully saturated rings. The van der Waals surface area contributed by atoms with Gasteiger partial charge in [-0.15, -0.1) is 0 Å². The van der Waals surface area contributed by atoms with E-state index in [4.69, 9.17) is 5.26 Å². The summed E-state index contributed by atoms with van der Waals surface area (Å²) >= 11 is 0.